The smallest absolute Gasteiger partial charge is 0.238 e. The highest BCUT2D eigenvalue weighted by Crippen LogP contribution is 2.15. The van der Waals surface area contributed by atoms with Gasteiger partial charge < -0.3 is 9.84 Å². The predicted octanol–water partition coefficient (Wildman–Crippen LogP) is 1.77. The third kappa shape index (κ3) is 4.65. The molecule has 8 heteroatoms. The Kier molecular flexibility index (Phi) is 5.40. The number of amides is 1. The van der Waals surface area contributed by atoms with Crippen molar-refractivity contribution in [3.63, 3.8) is 0 Å². The molecule has 0 saturated carbocycles. The monoisotopic (exact) mass is 351 g/mol. The Labute approximate surface area is 141 Å². The summed E-state index contributed by atoms with van der Waals surface area (Å²) in [4.78, 5) is 14.2. The molecule has 0 aliphatic rings. The second kappa shape index (κ2) is 7.14. The predicted molar refractivity (Wildman–Crippen MR) is 90.5 cm³/mol. The highest BCUT2D eigenvalue weighted by atomic mass is 32.2. The van der Waals surface area contributed by atoms with Crippen LogP contribution in [0.15, 0.2) is 33.7 Å². The molecule has 2 rings (SSSR count). The van der Waals surface area contributed by atoms with Crippen LogP contribution in [0.4, 0.5) is 5.69 Å². The van der Waals surface area contributed by atoms with Crippen LogP contribution in [0.1, 0.15) is 17.0 Å². The zero-order valence-corrected chi connectivity index (χ0v) is 15.0. The highest BCUT2D eigenvalue weighted by Gasteiger charge is 2.14. The molecule has 0 saturated heterocycles. The Hall–Kier alpha value is -2.19. The van der Waals surface area contributed by atoms with Gasteiger partial charge >= 0.3 is 0 Å². The molecule has 7 nitrogen and oxygen atoms in total. The number of rotatable bonds is 6. The van der Waals surface area contributed by atoms with Crippen molar-refractivity contribution in [3.8, 4) is 0 Å². The summed E-state index contributed by atoms with van der Waals surface area (Å²) in [6, 6.07) is 6.09. The average Bonchev–Trinajstić information content (AvgIpc) is 2.78. The van der Waals surface area contributed by atoms with E-state index in [1.165, 1.54) is 12.1 Å². The molecule has 0 aliphatic heterocycles. The number of nitrogens with zero attached hydrogens (tertiary/aromatic N) is 2. The van der Waals surface area contributed by atoms with Gasteiger partial charge in [0.1, 0.15) is 5.76 Å². The SMILES string of the molecule is Cc1noc(C)c1CN(C)CC(=O)Nc1ccc(S(C)(=O)=O)cc1. The van der Waals surface area contributed by atoms with Crippen LogP contribution in [0.5, 0.6) is 0 Å². The van der Waals surface area contributed by atoms with Crippen LogP contribution < -0.4 is 5.32 Å². The molecule has 0 fully saturated rings. The van der Waals surface area contributed by atoms with Crippen molar-refractivity contribution in [3.05, 3.63) is 41.3 Å². The van der Waals surface area contributed by atoms with Gasteiger partial charge in [-0.1, -0.05) is 5.16 Å². The Morgan fingerprint density at radius 3 is 2.38 bits per heavy atom. The fourth-order valence-electron chi connectivity index (χ4n) is 2.28. The van der Waals surface area contributed by atoms with Gasteiger partial charge in [-0.05, 0) is 45.2 Å². The normalized spacial score (nSPS) is 11.7. The first-order chi connectivity index (χ1) is 11.2. The summed E-state index contributed by atoms with van der Waals surface area (Å²) < 4.78 is 27.9. The number of benzene rings is 1. The van der Waals surface area contributed by atoms with Crippen LogP contribution in [0, 0.1) is 13.8 Å². The number of hydrogen-bond acceptors (Lipinski definition) is 6. The molecule has 130 valence electrons. The molecular weight excluding hydrogens is 330 g/mol. The zero-order valence-electron chi connectivity index (χ0n) is 14.2. The molecule has 1 N–H and O–H groups in total. The number of hydrogen-bond donors (Lipinski definition) is 1. The van der Waals surface area contributed by atoms with Crippen molar-refractivity contribution in [2.45, 2.75) is 25.3 Å². The molecule has 0 bridgehead atoms. The third-order valence-electron chi connectivity index (χ3n) is 3.59. The standard InChI is InChI=1S/C16H21N3O4S/c1-11-15(12(2)23-18-11)9-19(3)10-16(20)17-13-5-7-14(8-6-13)24(4,21)22/h5-8H,9-10H2,1-4H3,(H,17,20). The van der Waals surface area contributed by atoms with E-state index in [2.05, 4.69) is 10.5 Å². The molecule has 0 atom stereocenters. The van der Waals surface area contributed by atoms with Gasteiger partial charge in [0, 0.05) is 24.1 Å². The van der Waals surface area contributed by atoms with Gasteiger partial charge in [0.2, 0.25) is 5.91 Å². The number of likely N-dealkylation sites (N-methyl/N-ethyl adjacent to an activating group) is 1. The quantitative estimate of drug-likeness (QED) is 0.852. The van der Waals surface area contributed by atoms with Crippen molar-refractivity contribution in [2.24, 2.45) is 0 Å². The van der Waals surface area contributed by atoms with E-state index in [-0.39, 0.29) is 17.3 Å². The van der Waals surface area contributed by atoms with Crippen molar-refractivity contribution in [1.29, 1.82) is 0 Å². The molecule has 0 aliphatic carbocycles. The van der Waals surface area contributed by atoms with E-state index in [9.17, 15) is 13.2 Å². The first-order valence-corrected chi connectivity index (χ1v) is 9.26. The minimum atomic E-state index is -3.24. The van der Waals surface area contributed by atoms with Gasteiger partial charge in [0.15, 0.2) is 9.84 Å². The molecule has 1 aromatic heterocycles. The number of aryl methyl sites for hydroxylation is 2. The van der Waals surface area contributed by atoms with E-state index < -0.39 is 9.84 Å². The minimum absolute atomic E-state index is 0.184. The van der Waals surface area contributed by atoms with Crippen LogP contribution in [0.3, 0.4) is 0 Å². The van der Waals surface area contributed by atoms with Gasteiger partial charge in [-0.2, -0.15) is 0 Å². The maximum absolute atomic E-state index is 12.1. The maximum Gasteiger partial charge on any atom is 0.238 e. The molecule has 24 heavy (non-hydrogen) atoms. The van der Waals surface area contributed by atoms with Crippen LogP contribution in [-0.4, -0.2) is 44.2 Å². The third-order valence-corrected chi connectivity index (χ3v) is 4.72. The summed E-state index contributed by atoms with van der Waals surface area (Å²) in [7, 11) is -1.41. The summed E-state index contributed by atoms with van der Waals surface area (Å²) in [5, 5.41) is 6.64. The van der Waals surface area contributed by atoms with Gasteiger partial charge in [-0.15, -0.1) is 0 Å². The number of sulfone groups is 1. The molecule has 0 unspecified atom stereocenters. The molecular formula is C16H21N3O4S. The fraction of sp³-hybridized carbons (Fsp3) is 0.375. The van der Waals surface area contributed by atoms with E-state index in [0.29, 0.717) is 12.2 Å². The summed E-state index contributed by atoms with van der Waals surface area (Å²) in [6.45, 7) is 4.45. The van der Waals surface area contributed by atoms with Gasteiger partial charge in [0.25, 0.3) is 0 Å². The second-order valence-electron chi connectivity index (χ2n) is 5.82. The summed E-state index contributed by atoms with van der Waals surface area (Å²) in [5.41, 5.74) is 2.34. The average molecular weight is 351 g/mol. The number of aromatic nitrogens is 1. The van der Waals surface area contributed by atoms with Crippen LogP contribution >= 0.6 is 0 Å². The molecule has 1 aromatic carbocycles. The zero-order chi connectivity index (χ0) is 17.9. The summed E-state index contributed by atoms with van der Waals surface area (Å²) in [5.74, 6) is 0.562. The van der Waals surface area contributed by atoms with Crippen molar-refractivity contribution < 1.29 is 17.7 Å². The Balaban J connectivity index is 1.93. The minimum Gasteiger partial charge on any atom is -0.361 e. The number of carbonyl (C=O) groups is 1. The number of carbonyl (C=O) groups excluding carboxylic acids is 1. The molecule has 1 heterocycles. The van der Waals surface area contributed by atoms with E-state index in [1.54, 1.807) is 12.1 Å². The van der Waals surface area contributed by atoms with Gasteiger partial charge in [-0.3, -0.25) is 9.69 Å². The van der Waals surface area contributed by atoms with E-state index in [4.69, 9.17) is 4.52 Å². The van der Waals surface area contributed by atoms with Crippen LogP contribution in [0.25, 0.3) is 0 Å². The second-order valence-corrected chi connectivity index (χ2v) is 7.84. The topological polar surface area (TPSA) is 92.5 Å². The van der Waals surface area contributed by atoms with Crippen molar-refractivity contribution in [2.75, 3.05) is 25.2 Å². The lowest BCUT2D eigenvalue weighted by Crippen LogP contribution is -2.30. The Bertz CT molecular complexity index is 806. The van der Waals surface area contributed by atoms with Gasteiger partial charge in [-0.25, -0.2) is 8.42 Å². The first kappa shape index (κ1) is 18.2. The molecule has 1 amide bonds. The van der Waals surface area contributed by atoms with Crippen molar-refractivity contribution in [1.82, 2.24) is 10.1 Å². The lowest BCUT2D eigenvalue weighted by molar-refractivity contribution is -0.117. The summed E-state index contributed by atoms with van der Waals surface area (Å²) >= 11 is 0. The maximum atomic E-state index is 12.1. The molecule has 2 aromatic rings. The van der Waals surface area contributed by atoms with Crippen molar-refractivity contribution >= 4 is 21.4 Å². The summed E-state index contributed by atoms with van der Waals surface area (Å²) in [6.07, 6.45) is 1.14. The van der Waals surface area contributed by atoms with E-state index >= 15 is 0 Å². The number of nitrogens with one attached hydrogen (secondary N) is 1. The lowest BCUT2D eigenvalue weighted by Gasteiger charge is -2.16. The van der Waals surface area contributed by atoms with E-state index in [0.717, 1.165) is 23.3 Å². The first-order valence-electron chi connectivity index (χ1n) is 7.37. The fourth-order valence-corrected chi connectivity index (χ4v) is 2.92. The highest BCUT2D eigenvalue weighted by molar-refractivity contribution is 7.90. The Morgan fingerprint density at radius 1 is 1.25 bits per heavy atom. The molecule has 0 spiro atoms. The lowest BCUT2D eigenvalue weighted by atomic mass is 10.2. The van der Waals surface area contributed by atoms with Crippen LogP contribution in [0.2, 0.25) is 0 Å². The number of anilines is 1. The van der Waals surface area contributed by atoms with E-state index in [1.807, 2.05) is 25.8 Å². The van der Waals surface area contributed by atoms with Gasteiger partial charge in [0.05, 0.1) is 17.1 Å². The Morgan fingerprint density at radius 2 is 1.88 bits per heavy atom. The van der Waals surface area contributed by atoms with Crippen LogP contribution in [-0.2, 0) is 21.2 Å². The largest absolute Gasteiger partial charge is 0.361 e. The molecule has 0 radical (unpaired) electrons.